The molecule has 0 unspecified atom stereocenters. The molecular weight excluding hydrogens is 562 g/mol. The summed E-state index contributed by atoms with van der Waals surface area (Å²) in [7, 11) is 1.59. The van der Waals surface area contributed by atoms with Crippen LogP contribution in [0.2, 0.25) is 0 Å². The molecule has 0 saturated carbocycles. The lowest BCUT2D eigenvalue weighted by Crippen LogP contribution is -2.57. The van der Waals surface area contributed by atoms with Crippen LogP contribution in [0.4, 0.5) is 0 Å². The summed E-state index contributed by atoms with van der Waals surface area (Å²) >= 11 is 0. The molecule has 11 heteroatoms. The summed E-state index contributed by atoms with van der Waals surface area (Å²) in [4.78, 5) is 51.2. The van der Waals surface area contributed by atoms with Gasteiger partial charge in [-0.05, 0) is 48.6 Å². The van der Waals surface area contributed by atoms with Crippen molar-refractivity contribution >= 4 is 17.7 Å². The van der Waals surface area contributed by atoms with Gasteiger partial charge >= 0.3 is 0 Å². The van der Waals surface area contributed by atoms with E-state index in [-0.39, 0.29) is 36.9 Å². The molecular formula is C33H39N5O6. The van der Waals surface area contributed by atoms with Crippen molar-refractivity contribution in [1.29, 1.82) is 0 Å². The van der Waals surface area contributed by atoms with Crippen LogP contribution in [0.1, 0.15) is 48.3 Å². The molecule has 3 amide bonds. The third-order valence-electron chi connectivity index (χ3n) is 7.51. The van der Waals surface area contributed by atoms with E-state index in [1.807, 2.05) is 38.1 Å². The fourth-order valence-corrected chi connectivity index (χ4v) is 5.23. The second-order valence-corrected chi connectivity index (χ2v) is 11.7. The van der Waals surface area contributed by atoms with E-state index in [1.54, 1.807) is 48.7 Å². The van der Waals surface area contributed by atoms with Gasteiger partial charge in [0.1, 0.15) is 17.2 Å². The largest absolute Gasteiger partial charge is 0.493 e. The highest BCUT2D eigenvalue weighted by atomic mass is 16.5. The third-order valence-corrected chi connectivity index (χ3v) is 7.51. The van der Waals surface area contributed by atoms with Crippen LogP contribution in [-0.4, -0.2) is 82.9 Å². The summed E-state index contributed by atoms with van der Waals surface area (Å²) in [6, 6.07) is 12.3. The summed E-state index contributed by atoms with van der Waals surface area (Å²) in [5, 5.41) is 3.06. The predicted octanol–water partition coefficient (Wildman–Crippen LogP) is 3.62. The number of carbonyl (C=O) groups is 3. The van der Waals surface area contributed by atoms with Crippen LogP contribution in [-0.2, 0) is 27.4 Å². The Morgan fingerprint density at radius 3 is 2.80 bits per heavy atom. The Bertz CT molecular complexity index is 1470. The highest BCUT2D eigenvalue weighted by molar-refractivity contribution is 5.97. The fraction of sp³-hybridized carbons (Fsp3) is 0.424. The van der Waals surface area contributed by atoms with Crippen molar-refractivity contribution in [3.05, 3.63) is 77.9 Å². The van der Waals surface area contributed by atoms with Crippen LogP contribution in [0.5, 0.6) is 17.2 Å². The topological polar surface area (TPSA) is 123 Å². The highest BCUT2D eigenvalue weighted by Crippen LogP contribution is 2.29. The maximum absolute atomic E-state index is 13.4. The summed E-state index contributed by atoms with van der Waals surface area (Å²) in [5.74, 6) is 1.19. The summed E-state index contributed by atoms with van der Waals surface area (Å²) in [6.07, 6.45) is 5.75. The van der Waals surface area contributed by atoms with E-state index in [0.717, 1.165) is 11.3 Å². The number of benzene rings is 2. The Labute approximate surface area is 257 Å². The maximum Gasteiger partial charge on any atom is 0.254 e. The van der Waals surface area contributed by atoms with E-state index in [9.17, 15) is 14.4 Å². The minimum atomic E-state index is -0.444. The minimum absolute atomic E-state index is 0.00483. The number of amides is 3. The average molecular weight is 602 g/mol. The van der Waals surface area contributed by atoms with Crippen LogP contribution >= 0.6 is 0 Å². The average Bonchev–Trinajstić information content (AvgIpc) is 3.02. The van der Waals surface area contributed by atoms with E-state index in [2.05, 4.69) is 15.3 Å². The van der Waals surface area contributed by atoms with Crippen molar-refractivity contribution in [3.63, 3.8) is 0 Å². The van der Waals surface area contributed by atoms with Gasteiger partial charge < -0.3 is 29.3 Å². The highest BCUT2D eigenvalue weighted by Gasteiger charge is 2.33. The van der Waals surface area contributed by atoms with Gasteiger partial charge in [0, 0.05) is 56.8 Å². The molecule has 1 fully saturated rings. The summed E-state index contributed by atoms with van der Waals surface area (Å²) < 4.78 is 18.5. The number of nitrogens with one attached hydrogen (secondary N) is 1. The first-order valence-electron chi connectivity index (χ1n) is 15.0. The molecule has 2 aromatic carbocycles. The number of ether oxygens (including phenoxy) is 3. The van der Waals surface area contributed by atoms with Crippen molar-refractivity contribution in [1.82, 2.24) is 25.1 Å². The quantitative estimate of drug-likeness (QED) is 0.455. The molecule has 3 heterocycles. The van der Waals surface area contributed by atoms with Crippen LogP contribution in [0.3, 0.4) is 0 Å². The molecule has 11 nitrogen and oxygen atoms in total. The molecule has 44 heavy (non-hydrogen) atoms. The normalized spacial score (nSPS) is 19.2. The van der Waals surface area contributed by atoms with Gasteiger partial charge in [0.05, 0.1) is 37.6 Å². The number of fused-ring (bicyclic) bond motifs is 5. The molecule has 2 aliphatic rings. The molecule has 2 aliphatic heterocycles. The lowest BCUT2D eigenvalue weighted by atomic mass is 10.0. The molecule has 5 rings (SSSR count). The molecule has 1 N–H and O–H groups in total. The zero-order valence-corrected chi connectivity index (χ0v) is 25.4. The van der Waals surface area contributed by atoms with Crippen molar-refractivity contribution in [2.45, 2.75) is 51.9 Å². The molecule has 0 radical (unpaired) electrons. The number of likely N-dealkylation sites (tertiary alicyclic amines) is 1. The van der Waals surface area contributed by atoms with Crippen LogP contribution in [0.15, 0.2) is 61.1 Å². The van der Waals surface area contributed by atoms with E-state index in [4.69, 9.17) is 14.2 Å². The van der Waals surface area contributed by atoms with Gasteiger partial charge in [-0.2, -0.15) is 0 Å². The molecule has 2 atom stereocenters. The first-order chi connectivity index (χ1) is 21.2. The van der Waals surface area contributed by atoms with Gasteiger partial charge in [0.2, 0.25) is 11.8 Å². The minimum Gasteiger partial charge on any atom is -0.493 e. The molecule has 3 aromatic rings. The number of piperidine rings is 1. The number of carbonyl (C=O) groups excluding carboxylic acids is 3. The maximum atomic E-state index is 13.4. The second-order valence-electron chi connectivity index (χ2n) is 11.7. The molecule has 1 saturated heterocycles. The number of hydrogen-bond acceptors (Lipinski definition) is 8. The van der Waals surface area contributed by atoms with Crippen molar-refractivity contribution in [2.24, 2.45) is 5.92 Å². The Kier molecular flexibility index (Phi) is 10.1. The number of rotatable bonds is 6. The van der Waals surface area contributed by atoms with Crippen molar-refractivity contribution in [2.75, 3.05) is 33.3 Å². The van der Waals surface area contributed by atoms with Crippen LogP contribution < -0.4 is 14.8 Å². The Morgan fingerprint density at radius 2 is 2.00 bits per heavy atom. The van der Waals surface area contributed by atoms with Gasteiger partial charge in [0.15, 0.2) is 0 Å². The Hall–Kier alpha value is -4.51. The third kappa shape index (κ3) is 8.31. The van der Waals surface area contributed by atoms with Gasteiger partial charge in [-0.25, -0.2) is 0 Å². The first kappa shape index (κ1) is 30.9. The monoisotopic (exact) mass is 601 g/mol. The zero-order valence-electron chi connectivity index (χ0n) is 25.4. The lowest BCUT2D eigenvalue weighted by molar-refractivity contribution is -0.137. The number of aromatic nitrogens is 2. The van der Waals surface area contributed by atoms with Gasteiger partial charge in [-0.1, -0.05) is 26.0 Å². The molecule has 4 bridgehead atoms. The smallest absolute Gasteiger partial charge is 0.254 e. The van der Waals surface area contributed by atoms with Gasteiger partial charge in [0.25, 0.3) is 5.91 Å². The predicted molar refractivity (Wildman–Crippen MR) is 162 cm³/mol. The van der Waals surface area contributed by atoms with Gasteiger partial charge in [-0.15, -0.1) is 0 Å². The first-order valence-corrected chi connectivity index (χ1v) is 15.0. The Balaban J connectivity index is 1.36. The summed E-state index contributed by atoms with van der Waals surface area (Å²) in [6.45, 7) is 5.50. The van der Waals surface area contributed by atoms with E-state index in [0.29, 0.717) is 67.7 Å². The zero-order chi connectivity index (χ0) is 31.1. The van der Waals surface area contributed by atoms with E-state index < -0.39 is 6.10 Å². The molecule has 1 aromatic heterocycles. The van der Waals surface area contributed by atoms with Crippen molar-refractivity contribution < 1.29 is 28.6 Å². The standard InChI is InChI=1S/C33H39N5O6/c1-22(2)20-42-27-14-24-15-28(16-27)44-26-6-4-5-23(13-26)21-43-30-18-38(32(40)8-7-25-17-34-10-11-35-25)12-9-29(30)36-31(39)19-37(3)33(24)41/h4-6,10-11,13-17,22,29-30H,7-9,12,18-21H2,1-3H3,(H,36,39)/t29-,30-/m0/s1. The molecule has 0 aliphatic carbocycles. The number of hydrogen-bond donors (Lipinski definition) is 1. The van der Waals surface area contributed by atoms with E-state index in [1.165, 1.54) is 4.90 Å². The van der Waals surface area contributed by atoms with Gasteiger partial charge in [-0.3, -0.25) is 24.4 Å². The van der Waals surface area contributed by atoms with Crippen molar-refractivity contribution in [3.8, 4) is 17.2 Å². The number of nitrogens with zero attached hydrogens (tertiary/aromatic N) is 4. The molecule has 0 spiro atoms. The Morgan fingerprint density at radius 1 is 1.14 bits per heavy atom. The SMILES string of the molecule is CC(C)COc1cc2cc(c1)C(=O)N(C)CC(=O)N[C@H]1CCN(C(=O)CCc3cnccn3)C[C@@H]1OCc1cccc(c1)O2. The van der Waals surface area contributed by atoms with Crippen LogP contribution in [0.25, 0.3) is 0 Å². The fourth-order valence-electron chi connectivity index (χ4n) is 5.23. The van der Waals surface area contributed by atoms with E-state index >= 15 is 0 Å². The number of likely N-dealkylation sites (N-methyl/N-ethyl adjacent to an activating group) is 1. The molecule has 232 valence electrons. The lowest BCUT2D eigenvalue weighted by Gasteiger charge is -2.39. The number of aryl methyl sites for hydroxylation is 1. The summed E-state index contributed by atoms with van der Waals surface area (Å²) in [5.41, 5.74) is 1.98. The second kappa shape index (κ2) is 14.3. The van der Waals surface area contributed by atoms with Crippen LogP contribution in [0, 0.1) is 5.92 Å².